The predicted octanol–water partition coefficient (Wildman–Crippen LogP) is 2.44. The summed E-state index contributed by atoms with van der Waals surface area (Å²) in [4.78, 5) is 11.2. The number of rotatable bonds is 9. The van der Waals surface area contributed by atoms with Gasteiger partial charge in [-0.25, -0.2) is 0 Å². The molecule has 0 saturated heterocycles. The Bertz CT molecular complexity index is 162. The first-order chi connectivity index (χ1) is 7.24. The van der Waals surface area contributed by atoms with Gasteiger partial charge in [-0.2, -0.15) is 12.6 Å². The number of carbonyl (C=O) groups excluding carboxylic acids is 1. The van der Waals surface area contributed by atoms with Crippen LogP contribution in [0.15, 0.2) is 0 Å². The lowest BCUT2D eigenvalue weighted by Crippen LogP contribution is -2.17. The number of unbranched alkanes of at least 4 members (excludes halogenated alkanes) is 1. The largest absolute Gasteiger partial charge is 0.462 e. The summed E-state index contributed by atoms with van der Waals surface area (Å²) in [6.45, 7) is 2.82. The fourth-order valence-corrected chi connectivity index (χ4v) is 1.48. The zero-order valence-electron chi connectivity index (χ0n) is 9.70. The van der Waals surface area contributed by atoms with Gasteiger partial charge in [-0.3, -0.25) is 4.79 Å². The molecular formula is C11H22O3S. The molecular weight excluding hydrogens is 212 g/mol. The molecule has 1 atom stereocenters. The van der Waals surface area contributed by atoms with Crippen molar-refractivity contribution in [3.8, 4) is 0 Å². The molecule has 3 nitrogen and oxygen atoms in total. The van der Waals surface area contributed by atoms with E-state index in [0.717, 1.165) is 32.3 Å². The monoisotopic (exact) mass is 234 g/mol. The van der Waals surface area contributed by atoms with E-state index in [2.05, 4.69) is 12.6 Å². The molecule has 0 aliphatic heterocycles. The average Bonchev–Trinajstić information content (AvgIpc) is 2.23. The van der Waals surface area contributed by atoms with Gasteiger partial charge in [0.1, 0.15) is 6.10 Å². The highest BCUT2D eigenvalue weighted by Crippen LogP contribution is 2.10. The number of esters is 1. The third kappa shape index (κ3) is 8.75. The second kappa shape index (κ2) is 10.3. The number of hydrogen-bond acceptors (Lipinski definition) is 4. The Kier molecular flexibility index (Phi) is 10.2. The van der Waals surface area contributed by atoms with Gasteiger partial charge in [-0.1, -0.05) is 6.92 Å². The summed E-state index contributed by atoms with van der Waals surface area (Å²) in [6.07, 6.45) is 4.34. The molecule has 0 rings (SSSR count). The zero-order valence-corrected chi connectivity index (χ0v) is 10.6. The lowest BCUT2D eigenvalue weighted by molar-refractivity contribution is -0.149. The molecule has 0 aromatic rings. The molecule has 4 heteroatoms. The van der Waals surface area contributed by atoms with Crippen molar-refractivity contribution in [3.63, 3.8) is 0 Å². The normalized spacial score (nSPS) is 12.5. The molecule has 0 spiro atoms. The molecule has 0 bridgehead atoms. The van der Waals surface area contributed by atoms with Crippen molar-refractivity contribution < 1.29 is 14.3 Å². The minimum atomic E-state index is -0.136. The Morgan fingerprint density at radius 3 is 2.67 bits per heavy atom. The number of ether oxygens (including phenoxy) is 2. The highest BCUT2D eigenvalue weighted by molar-refractivity contribution is 7.80. The van der Waals surface area contributed by atoms with Gasteiger partial charge in [-0.15, -0.1) is 0 Å². The second-order valence-corrected chi connectivity index (χ2v) is 3.93. The third-order valence-corrected chi connectivity index (χ3v) is 2.42. The lowest BCUT2D eigenvalue weighted by atomic mass is 10.1. The summed E-state index contributed by atoms with van der Waals surface area (Å²) in [7, 11) is 1.70. The molecule has 0 aliphatic rings. The van der Waals surface area contributed by atoms with Crippen molar-refractivity contribution in [3.05, 3.63) is 0 Å². The molecule has 0 amide bonds. The van der Waals surface area contributed by atoms with Gasteiger partial charge >= 0.3 is 5.97 Å². The average molecular weight is 234 g/mol. The Balaban J connectivity index is 3.58. The van der Waals surface area contributed by atoms with Gasteiger partial charge in [0.15, 0.2) is 0 Å². The van der Waals surface area contributed by atoms with E-state index in [1.54, 1.807) is 7.11 Å². The maximum atomic E-state index is 11.2. The van der Waals surface area contributed by atoms with Crippen LogP contribution in [0.4, 0.5) is 0 Å². The molecule has 0 N–H and O–H groups in total. The Hall–Kier alpha value is -0.220. The lowest BCUT2D eigenvalue weighted by Gasteiger charge is -2.15. The summed E-state index contributed by atoms with van der Waals surface area (Å²) in [5.74, 6) is 0.419. The van der Waals surface area contributed by atoms with Gasteiger partial charge in [0, 0.05) is 19.5 Å². The molecule has 0 aromatic heterocycles. The van der Waals surface area contributed by atoms with Crippen LogP contribution in [-0.2, 0) is 14.3 Å². The summed E-state index contributed by atoms with van der Waals surface area (Å²) in [5, 5.41) is 0. The van der Waals surface area contributed by atoms with Crippen molar-refractivity contribution in [2.24, 2.45) is 0 Å². The van der Waals surface area contributed by atoms with Crippen molar-refractivity contribution in [2.45, 2.75) is 45.1 Å². The maximum absolute atomic E-state index is 11.2. The minimum absolute atomic E-state index is 0.0641. The van der Waals surface area contributed by atoms with Crippen LogP contribution in [0.1, 0.15) is 39.0 Å². The highest BCUT2D eigenvalue weighted by atomic mass is 32.1. The third-order valence-electron chi connectivity index (χ3n) is 2.19. The molecule has 0 aliphatic carbocycles. The number of methoxy groups -OCH3 is 1. The fourth-order valence-electron chi connectivity index (χ4n) is 1.30. The van der Waals surface area contributed by atoms with Crippen LogP contribution in [0.3, 0.4) is 0 Å². The van der Waals surface area contributed by atoms with Crippen molar-refractivity contribution >= 4 is 18.6 Å². The molecule has 1 unspecified atom stereocenters. The first-order valence-electron chi connectivity index (χ1n) is 5.53. The fraction of sp³-hybridized carbons (Fsp3) is 0.909. The number of thiol groups is 1. The van der Waals surface area contributed by atoms with Crippen LogP contribution >= 0.6 is 12.6 Å². The van der Waals surface area contributed by atoms with E-state index in [-0.39, 0.29) is 12.1 Å². The van der Waals surface area contributed by atoms with Gasteiger partial charge in [0.2, 0.25) is 0 Å². The van der Waals surface area contributed by atoms with Crippen LogP contribution in [0.25, 0.3) is 0 Å². The molecule has 0 aromatic carbocycles. The zero-order chi connectivity index (χ0) is 11.5. The summed E-state index contributed by atoms with van der Waals surface area (Å²) < 4.78 is 10.3. The van der Waals surface area contributed by atoms with E-state index >= 15 is 0 Å². The molecule has 90 valence electrons. The molecule has 0 heterocycles. The smallest absolute Gasteiger partial charge is 0.306 e. The first-order valence-corrected chi connectivity index (χ1v) is 6.17. The van der Waals surface area contributed by atoms with Gasteiger partial charge in [0.25, 0.3) is 0 Å². The summed E-state index contributed by atoms with van der Waals surface area (Å²) >= 11 is 3.99. The van der Waals surface area contributed by atoms with Crippen LogP contribution in [0, 0.1) is 0 Å². The number of hydrogen-bond donors (Lipinski definition) is 1. The SMILES string of the molecule is CCC(CCCCOC)OC(=O)CCS. The molecule has 0 radical (unpaired) electrons. The van der Waals surface area contributed by atoms with Crippen LogP contribution in [-0.4, -0.2) is 31.5 Å². The maximum Gasteiger partial charge on any atom is 0.306 e. The molecule has 15 heavy (non-hydrogen) atoms. The Morgan fingerprint density at radius 2 is 2.13 bits per heavy atom. The predicted molar refractivity (Wildman–Crippen MR) is 64.4 cm³/mol. The van der Waals surface area contributed by atoms with E-state index in [1.165, 1.54) is 0 Å². The second-order valence-electron chi connectivity index (χ2n) is 3.48. The standard InChI is InChI=1S/C11H22O3S/c1-3-10(6-4-5-8-13-2)14-11(12)7-9-15/h10,15H,3-9H2,1-2H3. The van der Waals surface area contributed by atoms with E-state index in [1.807, 2.05) is 6.92 Å². The van der Waals surface area contributed by atoms with E-state index in [9.17, 15) is 4.79 Å². The Labute approximate surface area is 97.9 Å². The summed E-state index contributed by atoms with van der Waals surface area (Å²) in [6, 6.07) is 0. The molecule has 0 saturated carbocycles. The Morgan fingerprint density at radius 1 is 1.40 bits per heavy atom. The van der Waals surface area contributed by atoms with Gasteiger partial charge < -0.3 is 9.47 Å². The quantitative estimate of drug-likeness (QED) is 0.378. The van der Waals surface area contributed by atoms with Gasteiger partial charge in [-0.05, 0) is 25.7 Å². The molecule has 0 fully saturated rings. The minimum Gasteiger partial charge on any atom is -0.462 e. The number of carbonyl (C=O) groups is 1. The van der Waals surface area contributed by atoms with Gasteiger partial charge in [0.05, 0.1) is 6.42 Å². The highest BCUT2D eigenvalue weighted by Gasteiger charge is 2.11. The van der Waals surface area contributed by atoms with Crippen molar-refractivity contribution in [2.75, 3.05) is 19.5 Å². The van der Waals surface area contributed by atoms with E-state index in [4.69, 9.17) is 9.47 Å². The van der Waals surface area contributed by atoms with Crippen molar-refractivity contribution in [1.82, 2.24) is 0 Å². The topological polar surface area (TPSA) is 35.5 Å². The van der Waals surface area contributed by atoms with E-state index < -0.39 is 0 Å². The van der Waals surface area contributed by atoms with Crippen LogP contribution < -0.4 is 0 Å². The summed E-state index contributed by atoms with van der Waals surface area (Å²) in [5.41, 5.74) is 0. The van der Waals surface area contributed by atoms with Crippen molar-refractivity contribution in [1.29, 1.82) is 0 Å². The van der Waals surface area contributed by atoms with E-state index in [0.29, 0.717) is 12.2 Å². The van der Waals surface area contributed by atoms with Crippen LogP contribution in [0.5, 0.6) is 0 Å². The first kappa shape index (κ1) is 14.8. The van der Waals surface area contributed by atoms with Crippen LogP contribution in [0.2, 0.25) is 0 Å².